The summed E-state index contributed by atoms with van der Waals surface area (Å²) in [6.45, 7) is 4.96. The van der Waals surface area contributed by atoms with Crippen molar-refractivity contribution in [1.29, 1.82) is 0 Å². The lowest BCUT2D eigenvalue weighted by atomic mass is 10.3. The molecule has 0 radical (unpaired) electrons. The molecule has 0 bridgehead atoms. The Morgan fingerprint density at radius 3 is 2.82 bits per heavy atom. The van der Waals surface area contributed by atoms with Crippen LogP contribution in [0.4, 0.5) is 0 Å². The molecule has 2 aromatic heterocycles. The Kier molecular flexibility index (Phi) is 3.98. The quantitative estimate of drug-likeness (QED) is 0.621. The van der Waals surface area contributed by atoms with Gasteiger partial charge in [-0.2, -0.15) is 0 Å². The summed E-state index contributed by atoms with van der Waals surface area (Å²) in [6, 6.07) is 0. The second-order valence-corrected chi connectivity index (χ2v) is 5.15. The third kappa shape index (κ3) is 2.60. The number of hydrogen-bond acceptors (Lipinski definition) is 3. The van der Waals surface area contributed by atoms with Crippen molar-refractivity contribution in [3.63, 3.8) is 0 Å². The number of nitrogens with zero attached hydrogens (tertiary/aromatic N) is 4. The first-order chi connectivity index (χ1) is 8.13. The Hall–Kier alpha value is -0.690. The maximum absolute atomic E-state index is 6.08. The van der Waals surface area contributed by atoms with Crippen LogP contribution < -0.4 is 0 Å². The molecule has 0 atom stereocenters. The van der Waals surface area contributed by atoms with E-state index in [2.05, 4.69) is 44.5 Å². The summed E-state index contributed by atoms with van der Waals surface area (Å²) in [4.78, 5) is 12.9. The fourth-order valence-electron chi connectivity index (χ4n) is 1.56. The number of imidazole rings is 1. The molecule has 4 nitrogen and oxygen atoms in total. The number of rotatable bonds is 3. The fourth-order valence-corrected chi connectivity index (χ4v) is 2.02. The minimum absolute atomic E-state index is 0.498. The zero-order valence-corrected chi connectivity index (χ0v) is 12.5. The molecule has 6 heteroatoms. The second kappa shape index (κ2) is 5.30. The standard InChI is InChI=1S/C11H12ClIN4/c1-3-4-17-6-14-5-8(17)11-15-7(2)9(13)10(12)16-11/h5-6H,3-4H2,1-2H3. The first-order valence-electron chi connectivity index (χ1n) is 5.33. The first-order valence-corrected chi connectivity index (χ1v) is 6.79. The predicted octanol–water partition coefficient (Wildman–Crippen LogP) is 3.32. The normalized spacial score (nSPS) is 10.8. The lowest BCUT2D eigenvalue weighted by molar-refractivity contribution is 0.681. The van der Waals surface area contributed by atoms with Gasteiger partial charge >= 0.3 is 0 Å². The fraction of sp³-hybridized carbons (Fsp3) is 0.364. The van der Waals surface area contributed by atoms with Gasteiger partial charge in [0.25, 0.3) is 0 Å². The van der Waals surface area contributed by atoms with E-state index in [0.29, 0.717) is 11.0 Å². The van der Waals surface area contributed by atoms with Crippen LogP contribution >= 0.6 is 34.2 Å². The van der Waals surface area contributed by atoms with E-state index in [9.17, 15) is 0 Å². The SMILES string of the molecule is CCCn1cncc1-c1nc(C)c(I)c(Cl)n1. The van der Waals surface area contributed by atoms with E-state index in [1.54, 1.807) is 12.5 Å². The second-order valence-electron chi connectivity index (χ2n) is 3.71. The Morgan fingerprint density at radius 1 is 1.41 bits per heavy atom. The Labute approximate surface area is 119 Å². The van der Waals surface area contributed by atoms with Crippen molar-refractivity contribution in [1.82, 2.24) is 19.5 Å². The van der Waals surface area contributed by atoms with E-state index < -0.39 is 0 Å². The van der Waals surface area contributed by atoms with E-state index in [-0.39, 0.29) is 0 Å². The van der Waals surface area contributed by atoms with Gasteiger partial charge in [0, 0.05) is 6.54 Å². The van der Waals surface area contributed by atoms with Gasteiger partial charge in [0.2, 0.25) is 0 Å². The van der Waals surface area contributed by atoms with Gasteiger partial charge in [-0.1, -0.05) is 18.5 Å². The largest absolute Gasteiger partial charge is 0.328 e. The molecule has 17 heavy (non-hydrogen) atoms. The van der Waals surface area contributed by atoms with Crippen LogP contribution in [0.2, 0.25) is 5.15 Å². The minimum atomic E-state index is 0.498. The van der Waals surface area contributed by atoms with Gasteiger partial charge in [-0.25, -0.2) is 15.0 Å². The molecule has 0 saturated heterocycles. The topological polar surface area (TPSA) is 43.6 Å². The Bertz CT molecular complexity index is 515. The number of aryl methyl sites for hydroxylation is 2. The van der Waals surface area contributed by atoms with Crippen molar-refractivity contribution in [2.75, 3.05) is 0 Å². The molecule has 0 aliphatic rings. The van der Waals surface area contributed by atoms with Crippen LogP contribution in [0, 0.1) is 10.5 Å². The van der Waals surface area contributed by atoms with Crippen molar-refractivity contribution in [2.45, 2.75) is 26.8 Å². The van der Waals surface area contributed by atoms with Crippen molar-refractivity contribution in [3.05, 3.63) is 26.9 Å². The molecule has 90 valence electrons. The van der Waals surface area contributed by atoms with E-state index in [4.69, 9.17) is 11.6 Å². The maximum atomic E-state index is 6.08. The van der Waals surface area contributed by atoms with Crippen LogP contribution in [0.15, 0.2) is 12.5 Å². The van der Waals surface area contributed by atoms with Gasteiger partial charge in [0.1, 0.15) is 10.8 Å². The van der Waals surface area contributed by atoms with Gasteiger partial charge in [-0.05, 0) is 35.9 Å². The zero-order chi connectivity index (χ0) is 12.4. The summed E-state index contributed by atoms with van der Waals surface area (Å²) in [5.41, 5.74) is 1.80. The molecular formula is C11H12ClIN4. The Balaban J connectivity index is 2.49. The highest BCUT2D eigenvalue weighted by Crippen LogP contribution is 2.23. The molecular weight excluding hydrogens is 351 g/mol. The number of halogens is 2. The molecule has 2 heterocycles. The molecule has 0 amide bonds. The summed E-state index contributed by atoms with van der Waals surface area (Å²) >= 11 is 8.23. The lowest BCUT2D eigenvalue weighted by Gasteiger charge is -2.07. The van der Waals surface area contributed by atoms with Gasteiger partial charge in [-0.3, -0.25) is 0 Å². The smallest absolute Gasteiger partial charge is 0.179 e. The van der Waals surface area contributed by atoms with Gasteiger partial charge in [0.05, 0.1) is 21.8 Å². The zero-order valence-electron chi connectivity index (χ0n) is 9.61. The molecule has 0 unspecified atom stereocenters. The van der Waals surface area contributed by atoms with E-state index in [1.807, 2.05) is 11.5 Å². The van der Waals surface area contributed by atoms with Crippen molar-refractivity contribution in [3.8, 4) is 11.5 Å². The lowest BCUT2D eigenvalue weighted by Crippen LogP contribution is -2.02. The third-order valence-electron chi connectivity index (χ3n) is 2.38. The third-order valence-corrected chi connectivity index (χ3v) is 4.27. The highest BCUT2D eigenvalue weighted by molar-refractivity contribution is 14.1. The van der Waals surface area contributed by atoms with Crippen molar-refractivity contribution >= 4 is 34.2 Å². The highest BCUT2D eigenvalue weighted by atomic mass is 127. The van der Waals surface area contributed by atoms with E-state index in [1.165, 1.54) is 0 Å². The maximum Gasteiger partial charge on any atom is 0.179 e. The van der Waals surface area contributed by atoms with Crippen molar-refractivity contribution < 1.29 is 0 Å². The van der Waals surface area contributed by atoms with E-state index in [0.717, 1.165) is 27.9 Å². The molecule has 2 aromatic rings. The highest BCUT2D eigenvalue weighted by Gasteiger charge is 2.12. The van der Waals surface area contributed by atoms with Crippen LogP contribution in [0.1, 0.15) is 19.0 Å². The van der Waals surface area contributed by atoms with E-state index >= 15 is 0 Å². The average Bonchev–Trinajstić information content (AvgIpc) is 2.74. The van der Waals surface area contributed by atoms with Gasteiger partial charge < -0.3 is 4.57 Å². The Morgan fingerprint density at radius 2 is 2.18 bits per heavy atom. The van der Waals surface area contributed by atoms with Crippen LogP contribution in [-0.2, 0) is 6.54 Å². The number of hydrogen-bond donors (Lipinski definition) is 0. The molecule has 0 aliphatic heterocycles. The van der Waals surface area contributed by atoms with Crippen molar-refractivity contribution in [2.24, 2.45) is 0 Å². The van der Waals surface area contributed by atoms with Crippen LogP contribution in [0.5, 0.6) is 0 Å². The first kappa shape index (κ1) is 12.8. The summed E-state index contributed by atoms with van der Waals surface area (Å²) in [6.07, 6.45) is 4.61. The van der Waals surface area contributed by atoms with Crippen LogP contribution in [0.3, 0.4) is 0 Å². The molecule has 0 aromatic carbocycles. The summed E-state index contributed by atoms with van der Waals surface area (Å²) in [5, 5.41) is 0.498. The van der Waals surface area contributed by atoms with Crippen LogP contribution in [-0.4, -0.2) is 19.5 Å². The molecule has 0 fully saturated rings. The molecule has 2 rings (SSSR count). The minimum Gasteiger partial charge on any atom is -0.328 e. The summed E-state index contributed by atoms with van der Waals surface area (Å²) in [5.74, 6) is 0.638. The van der Waals surface area contributed by atoms with Gasteiger partial charge in [-0.15, -0.1) is 0 Å². The average molecular weight is 363 g/mol. The van der Waals surface area contributed by atoms with Gasteiger partial charge in [0.15, 0.2) is 5.82 Å². The predicted molar refractivity (Wildman–Crippen MR) is 76.0 cm³/mol. The molecule has 0 saturated carbocycles. The summed E-state index contributed by atoms with van der Waals surface area (Å²) < 4.78 is 2.94. The number of aromatic nitrogens is 4. The molecule has 0 spiro atoms. The molecule has 0 aliphatic carbocycles. The van der Waals surface area contributed by atoms with Crippen LogP contribution in [0.25, 0.3) is 11.5 Å². The monoisotopic (exact) mass is 362 g/mol. The molecule has 0 N–H and O–H groups in total. The summed E-state index contributed by atoms with van der Waals surface area (Å²) in [7, 11) is 0.